The summed E-state index contributed by atoms with van der Waals surface area (Å²) in [7, 11) is 0. The van der Waals surface area contributed by atoms with Crippen molar-refractivity contribution in [3.63, 3.8) is 0 Å². The van der Waals surface area contributed by atoms with E-state index < -0.39 is 35.5 Å². The van der Waals surface area contributed by atoms with Gasteiger partial charge < -0.3 is 14.6 Å². The second kappa shape index (κ2) is 11.1. The molecule has 0 saturated carbocycles. The number of esters is 2. The molecule has 142 valence electrons. The van der Waals surface area contributed by atoms with Crippen LogP contribution in [0.2, 0.25) is 0 Å². The van der Waals surface area contributed by atoms with Crippen molar-refractivity contribution in [2.45, 2.75) is 30.7 Å². The Morgan fingerprint density at radius 1 is 1.31 bits per heavy atom. The number of carboxylic acid groups (broad SMARTS) is 1. The highest BCUT2D eigenvalue weighted by atomic mass is 32.2. The Morgan fingerprint density at radius 3 is 2.62 bits per heavy atom. The van der Waals surface area contributed by atoms with E-state index in [0.717, 1.165) is 11.9 Å². The molecular weight excluding hydrogens is 368 g/mol. The molecule has 0 aromatic heterocycles. The van der Waals surface area contributed by atoms with Crippen LogP contribution in [0.3, 0.4) is 0 Å². The lowest BCUT2D eigenvalue weighted by atomic mass is 10.2. The van der Waals surface area contributed by atoms with Crippen molar-refractivity contribution < 1.29 is 33.9 Å². The smallest absolute Gasteiger partial charge is 0.341 e. The van der Waals surface area contributed by atoms with E-state index in [2.05, 4.69) is 9.46 Å². The van der Waals surface area contributed by atoms with Crippen molar-refractivity contribution in [3.8, 4) is 0 Å². The number of nitrogens with one attached hydrogen (secondary N) is 1. The van der Waals surface area contributed by atoms with Gasteiger partial charge in [0, 0.05) is 12.5 Å². The van der Waals surface area contributed by atoms with Crippen LogP contribution in [0.1, 0.15) is 19.8 Å². The molecule has 0 aliphatic rings. The summed E-state index contributed by atoms with van der Waals surface area (Å²) >= 11 is 0.819. The van der Waals surface area contributed by atoms with E-state index in [0.29, 0.717) is 0 Å². The van der Waals surface area contributed by atoms with E-state index in [-0.39, 0.29) is 30.0 Å². The summed E-state index contributed by atoms with van der Waals surface area (Å²) in [5.74, 6) is -2.74. The third-order valence-electron chi connectivity index (χ3n) is 2.94. The van der Waals surface area contributed by atoms with Gasteiger partial charge in [-0.25, -0.2) is 9.52 Å². The number of nitro benzene ring substituents is 1. The van der Waals surface area contributed by atoms with Crippen molar-refractivity contribution in [1.82, 2.24) is 4.72 Å². The second-order valence-electron chi connectivity index (χ2n) is 4.84. The Morgan fingerprint density at radius 2 is 2.00 bits per heavy atom. The highest BCUT2D eigenvalue weighted by molar-refractivity contribution is 7.97. The predicted octanol–water partition coefficient (Wildman–Crippen LogP) is 1.53. The van der Waals surface area contributed by atoms with Gasteiger partial charge in [-0.2, -0.15) is 0 Å². The first kappa shape index (κ1) is 21.4. The third-order valence-corrected chi connectivity index (χ3v) is 3.91. The van der Waals surface area contributed by atoms with Crippen molar-refractivity contribution >= 4 is 35.5 Å². The van der Waals surface area contributed by atoms with Gasteiger partial charge in [0.1, 0.15) is 10.9 Å². The van der Waals surface area contributed by atoms with Crippen molar-refractivity contribution in [2.24, 2.45) is 0 Å². The van der Waals surface area contributed by atoms with Gasteiger partial charge in [0.15, 0.2) is 6.61 Å². The number of hydrogen-bond acceptors (Lipinski definition) is 9. The zero-order chi connectivity index (χ0) is 19.5. The number of carboxylic acids is 1. The summed E-state index contributed by atoms with van der Waals surface area (Å²) in [6.45, 7) is 0.997. The zero-order valence-electron chi connectivity index (χ0n) is 13.9. The van der Waals surface area contributed by atoms with Crippen LogP contribution in [0.5, 0.6) is 0 Å². The normalized spacial score (nSPS) is 11.4. The minimum absolute atomic E-state index is 0.0229. The summed E-state index contributed by atoms with van der Waals surface area (Å²) in [6, 6.07) is 4.83. The molecule has 1 atom stereocenters. The van der Waals surface area contributed by atoms with Gasteiger partial charge in [0.2, 0.25) is 0 Å². The van der Waals surface area contributed by atoms with Crippen LogP contribution < -0.4 is 4.72 Å². The molecule has 0 fully saturated rings. The predicted molar refractivity (Wildman–Crippen MR) is 90.3 cm³/mol. The number of benzene rings is 1. The SMILES string of the molecule is CCOC(=O)CC[C@H](NSc1ccccc1[N+](=O)[O-])C(=O)OCC(=O)O. The van der Waals surface area contributed by atoms with Gasteiger partial charge in [0.05, 0.1) is 11.5 Å². The number of aliphatic carboxylic acids is 1. The number of ether oxygens (including phenoxy) is 2. The molecule has 0 heterocycles. The Kier molecular flexibility index (Phi) is 9.09. The molecule has 0 bridgehead atoms. The third kappa shape index (κ3) is 7.49. The molecule has 1 rings (SSSR count). The number of para-hydroxylation sites is 1. The molecule has 0 spiro atoms. The fourth-order valence-electron chi connectivity index (χ4n) is 1.78. The monoisotopic (exact) mass is 386 g/mol. The highest BCUT2D eigenvalue weighted by Crippen LogP contribution is 2.27. The molecule has 2 N–H and O–H groups in total. The molecule has 1 aromatic rings. The molecule has 0 unspecified atom stereocenters. The maximum absolute atomic E-state index is 12.0. The molecule has 26 heavy (non-hydrogen) atoms. The molecule has 0 radical (unpaired) electrons. The standard InChI is InChI=1S/C15H18N2O8S/c1-2-24-14(20)8-7-10(15(21)25-9-13(18)19)16-26-12-6-4-3-5-11(12)17(22)23/h3-6,10,16H,2,7-9H2,1H3,(H,18,19)/t10-/m0/s1. The van der Waals surface area contributed by atoms with Crippen molar-refractivity contribution in [1.29, 1.82) is 0 Å². The van der Waals surface area contributed by atoms with E-state index in [1.54, 1.807) is 13.0 Å². The average Bonchev–Trinajstić information content (AvgIpc) is 2.60. The first-order valence-electron chi connectivity index (χ1n) is 7.55. The number of nitrogens with zero attached hydrogens (tertiary/aromatic N) is 1. The Balaban J connectivity index is 2.77. The van der Waals surface area contributed by atoms with E-state index >= 15 is 0 Å². The van der Waals surface area contributed by atoms with Crippen LogP contribution in [0.15, 0.2) is 29.2 Å². The second-order valence-corrected chi connectivity index (χ2v) is 5.72. The van der Waals surface area contributed by atoms with Crippen LogP contribution >= 0.6 is 11.9 Å². The quantitative estimate of drug-likeness (QED) is 0.248. The lowest BCUT2D eigenvalue weighted by molar-refractivity contribution is -0.387. The molecule has 11 heteroatoms. The number of carbonyl (C=O) groups excluding carboxylic acids is 2. The number of rotatable bonds is 11. The Labute approximate surface area is 153 Å². The summed E-state index contributed by atoms with van der Waals surface area (Å²) in [6.07, 6.45) is -0.129. The summed E-state index contributed by atoms with van der Waals surface area (Å²) in [4.78, 5) is 44.7. The van der Waals surface area contributed by atoms with Gasteiger partial charge in [-0.3, -0.25) is 19.7 Å². The van der Waals surface area contributed by atoms with Crippen LogP contribution in [0, 0.1) is 10.1 Å². The molecule has 0 amide bonds. The fourth-order valence-corrected chi connectivity index (χ4v) is 2.66. The maximum Gasteiger partial charge on any atom is 0.341 e. The van der Waals surface area contributed by atoms with Gasteiger partial charge in [-0.05, 0) is 31.4 Å². The van der Waals surface area contributed by atoms with E-state index in [9.17, 15) is 24.5 Å². The number of hydrogen-bond donors (Lipinski definition) is 2. The maximum atomic E-state index is 12.0. The van der Waals surface area contributed by atoms with Crippen LogP contribution in [-0.2, 0) is 23.9 Å². The lowest BCUT2D eigenvalue weighted by Crippen LogP contribution is -2.35. The number of carbonyl (C=O) groups is 3. The Bertz CT molecular complexity index is 667. The first-order valence-corrected chi connectivity index (χ1v) is 8.36. The minimum Gasteiger partial charge on any atom is -0.479 e. The lowest BCUT2D eigenvalue weighted by Gasteiger charge is -2.16. The van der Waals surface area contributed by atoms with Gasteiger partial charge in [-0.1, -0.05) is 12.1 Å². The fraction of sp³-hybridized carbons (Fsp3) is 0.400. The van der Waals surface area contributed by atoms with Crippen LogP contribution in [0.25, 0.3) is 0 Å². The minimum atomic E-state index is -1.33. The summed E-state index contributed by atoms with van der Waals surface area (Å²) < 4.78 is 12.1. The molecular formula is C15H18N2O8S. The van der Waals surface area contributed by atoms with Gasteiger partial charge in [0.25, 0.3) is 5.69 Å². The number of nitro groups is 1. The van der Waals surface area contributed by atoms with E-state index in [1.165, 1.54) is 18.2 Å². The highest BCUT2D eigenvalue weighted by Gasteiger charge is 2.24. The molecule has 1 aromatic carbocycles. The first-order chi connectivity index (χ1) is 12.3. The van der Waals surface area contributed by atoms with E-state index in [1.807, 2.05) is 0 Å². The Hall–Kier alpha value is -2.66. The van der Waals surface area contributed by atoms with Gasteiger partial charge in [-0.15, -0.1) is 0 Å². The molecule has 0 saturated heterocycles. The molecule has 0 aliphatic heterocycles. The van der Waals surface area contributed by atoms with Gasteiger partial charge >= 0.3 is 17.9 Å². The van der Waals surface area contributed by atoms with Crippen molar-refractivity contribution in [3.05, 3.63) is 34.4 Å². The van der Waals surface area contributed by atoms with Crippen LogP contribution in [0.4, 0.5) is 5.69 Å². The largest absolute Gasteiger partial charge is 0.479 e. The topological polar surface area (TPSA) is 145 Å². The zero-order valence-corrected chi connectivity index (χ0v) is 14.7. The molecule has 10 nitrogen and oxygen atoms in total. The van der Waals surface area contributed by atoms with Crippen LogP contribution in [-0.4, -0.2) is 47.2 Å². The van der Waals surface area contributed by atoms with E-state index in [4.69, 9.17) is 9.84 Å². The average molecular weight is 386 g/mol. The molecule has 0 aliphatic carbocycles. The summed E-state index contributed by atoms with van der Waals surface area (Å²) in [5.41, 5.74) is -0.159. The summed E-state index contributed by atoms with van der Waals surface area (Å²) in [5, 5.41) is 19.6. The van der Waals surface area contributed by atoms with Crippen molar-refractivity contribution in [2.75, 3.05) is 13.2 Å².